The van der Waals surface area contributed by atoms with Crippen LogP contribution in [0.2, 0.25) is 0 Å². The minimum Gasteiger partial charge on any atom is -0.496 e. The number of amides is 1. The Morgan fingerprint density at radius 3 is 2.79 bits per heavy atom. The summed E-state index contributed by atoms with van der Waals surface area (Å²) in [6, 6.07) is 5.92. The Hall–Kier alpha value is -2.63. The molecular formula is C18H19FN2O3. The number of aryl methyl sites for hydroxylation is 1. The van der Waals surface area contributed by atoms with Crippen LogP contribution in [0, 0.1) is 12.7 Å². The lowest BCUT2D eigenvalue weighted by Gasteiger charge is -2.22. The molecule has 2 aromatic rings. The predicted octanol–water partition coefficient (Wildman–Crippen LogP) is 2.89. The molecule has 0 unspecified atom stereocenters. The third kappa shape index (κ3) is 2.91. The van der Waals surface area contributed by atoms with Crippen LogP contribution in [0.4, 0.5) is 10.1 Å². The Morgan fingerprint density at radius 2 is 2.08 bits per heavy atom. The first-order chi connectivity index (χ1) is 11.5. The number of hydrogen-bond donors (Lipinski definition) is 1. The van der Waals surface area contributed by atoms with Gasteiger partial charge in [-0.3, -0.25) is 9.59 Å². The maximum absolute atomic E-state index is 14.0. The summed E-state index contributed by atoms with van der Waals surface area (Å²) in [5.74, 6) is -0.747. The summed E-state index contributed by atoms with van der Waals surface area (Å²) in [4.78, 5) is 24.9. The summed E-state index contributed by atoms with van der Waals surface area (Å²) in [5.41, 5.74) is 1.65. The molecule has 1 aromatic heterocycles. The Morgan fingerprint density at radius 1 is 1.29 bits per heavy atom. The van der Waals surface area contributed by atoms with Crippen molar-refractivity contribution in [1.29, 1.82) is 0 Å². The van der Waals surface area contributed by atoms with Crippen LogP contribution in [0.3, 0.4) is 0 Å². The number of fused-ring (bicyclic) bond motifs is 1. The first kappa shape index (κ1) is 16.2. The molecule has 6 heteroatoms. The lowest BCUT2D eigenvalue weighted by molar-refractivity contribution is 0.102. The van der Waals surface area contributed by atoms with Gasteiger partial charge in [0, 0.05) is 18.3 Å². The van der Waals surface area contributed by atoms with Crippen LogP contribution in [-0.2, 0) is 13.0 Å². The SMILES string of the molecule is COc1cc(=O)n2c(c1C(=O)Nc1ccc(C)cc1F)CCCC2. The number of anilines is 1. The molecule has 0 saturated carbocycles. The zero-order valence-electron chi connectivity index (χ0n) is 13.7. The number of carbonyl (C=O) groups is 1. The Labute approximate surface area is 139 Å². The van der Waals surface area contributed by atoms with E-state index in [1.54, 1.807) is 17.6 Å². The molecule has 126 valence electrons. The summed E-state index contributed by atoms with van der Waals surface area (Å²) >= 11 is 0. The number of nitrogens with zero attached hydrogens (tertiary/aromatic N) is 1. The van der Waals surface area contributed by atoms with E-state index in [1.165, 1.54) is 25.3 Å². The molecule has 0 fully saturated rings. The molecule has 0 aliphatic carbocycles. The molecule has 1 aliphatic rings. The molecule has 24 heavy (non-hydrogen) atoms. The van der Waals surface area contributed by atoms with Crippen molar-refractivity contribution >= 4 is 11.6 Å². The molecule has 1 amide bonds. The number of pyridine rings is 1. The van der Waals surface area contributed by atoms with Crippen molar-refractivity contribution in [3.63, 3.8) is 0 Å². The second-order valence-corrected chi connectivity index (χ2v) is 5.92. The van der Waals surface area contributed by atoms with Crippen LogP contribution in [0.5, 0.6) is 5.75 Å². The number of carbonyl (C=O) groups excluding carboxylic acids is 1. The molecule has 1 aliphatic heterocycles. The van der Waals surface area contributed by atoms with Crippen LogP contribution >= 0.6 is 0 Å². The number of methoxy groups -OCH3 is 1. The zero-order chi connectivity index (χ0) is 17.3. The standard InChI is InChI=1S/C18H19FN2O3/c1-11-6-7-13(12(19)9-11)20-18(23)17-14-5-3-4-8-21(14)16(22)10-15(17)24-2/h6-7,9-10H,3-5,8H2,1-2H3,(H,20,23). The molecular weight excluding hydrogens is 311 g/mol. The van der Waals surface area contributed by atoms with Crippen LogP contribution in [0.1, 0.15) is 34.5 Å². The van der Waals surface area contributed by atoms with Gasteiger partial charge in [-0.2, -0.15) is 0 Å². The van der Waals surface area contributed by atoms with Crippen molar-refractivity contribution < 1.29 is 13.9 Å². The van der Waals surface area contributed by atoms with Gasteiger partial charge in [-0.1, -0.05) is 6.07 Å². The van der Waals surface area contributed by atoms with E-state index in [4.69, 9.17) is 4.74 Å². The van der Waals surface area contributed by atoms with E-state index in [-0.39, 0.29) is 17.0 Å². The van der Waals surface area contributed by atoms with Gasteiger partial charge in [0.15, 0.2) is 0 Å². The van der Waals surface area contributed by atoms with E-state index in [0.29, 0.717) is 24.2 Å². The maximum Gasteiger partial charge on any atom is 0.261 e. The van der Waals surface area contributed by atoms with Crippen LogP contribution in [0.25, 0.3) is 0 Å². The third-order valence-corrected chi connectivity index (χ3v) is 4.25. The largest absolute Gasteiger partial charge is 0.496 e. The highest BCUT2D eigenvalue weighted by Crippen LogP contribution is 2.26. The van der Waals surface area contributed by atoms with Crippen molar-refractivity contribution in [2.45, 2.75) is 32.7 Å². The van der Waals surface area contributed by atoms with E-state index < -0.39 is 11.7 Å². The van der Waals surface area contributed by atoms with Crippen molar-refractivity contribution in [3.05, 3.63) is 57.3 Å². The zero-order valence-corrected chi connectivity index (χ0v) is 13.7. The van der Waals surface area contributed by atoms with Gasteiger partial charge in [-0.25, -0.2) is 4.39 Å². The van der Waals surface area contributed by atoms with Crippen LogP contribution in [-0.4, -0.2) is 17.6 Å². The highest BCUT2D eigenvalue weighted by molar-refractivity contribution is 6.07. The second-order valence-electron chi connectivity index (χ2n) is 5.92. The monoisotopic (exact) mass is 330 g/mol. The fraction of sp³-hybridized carbons (Fsp3) is 0.333. The summed E-state index contributed by atoms with van der Waals surface area (Å²) < 4.78 is 20.8. The van der Waals surface area contributed by atoms with Gasteiger partial charge in [0.05, 0.1) is 12.8 Å². The fourth-order valence-electron chi connectivity index (χ4n) is 3.05. The normalized spacial score (nSPS) is 13.3. The Bertz CT molecular complexity index is 858. The summed E-state index contributed by atoms with van der Waals surface area (Å²) in [6.45, 7) is 2.36. The minimum atomic E-state index is -0.496. The maximum atomic E-state index is 14.0. The number of nitrogens with one attached hydrogen (secondary N) is 1. The molecule has 0 spiro atoms. The summed E-state index contributed by atoms with van der Waals surface area (Å²) in [6.07, 6.45) is 2.41. The molecule has 2 heterocycles. The quantitative estimate of drug-likeness (QED) is 0.941. The second kappa shape index (κ2) is 6.47. The first-order valence-electron chi connectivity index (χ1n) is 7.89. The van der Waals surface area contributed by atoms with Crippen molar-refractivity contribution in [2.75, 3.05) is 12.4 Å². The average Bonchev–Trinajstić information content (AvgIpc) is 2.57. The molecule has 0 bridgehead atoms. The van der Waals surface area contributed by atoms with Gasteiger partial charge in [-0.15, -0.1) is 0 Å². The Kier molecular flexibility index (Phi) is 4.38. The third-order valence-electron chi connectivity index (χ3n) is 4.25. The van der Waals surface area contributed by atoms with Gasteiger partial charge in [0.25, 0.3) is 11.5 Å². The molecule has 1 aromatic carbocycles. The first-order valence-corrected chi connectivity index (χ1v) is 7.89. The molecule has 0 atom stereocenters. The van der Waals surface area contributed by atoms with Crippen molar-refractivity contribution in [2.24, 2.45) is 0 Å². The van der Waals surface area contributed by atoms with Gasteiger partial charge in [-0.05, 0) is 43.9 Å². The molecule has 0 saturated heterocycles. The fourth-order valence-corrected chi connectivity index (χ4v) is 3.05. The minimum absolute atomic E-state index is 0.105. The number of halogens is 1. The molecule has 3 rings (SSSR count). The lowest BCUT2D eigenvalue weighted by Crippen LogP contribution is -2.30. The van der Waals surface area contributed by atoms with E-state index in [1.807, 2.05) is 0 Å². The highest BCUT2D eigenvalue weighted by Gasteiger charge is 2.24. The number of benzene rings is 1. The van der Waals surface area contributed by atoms with Gasteiger partial charge in [0.1, 0.15) is 17.1 Å². The number of ether oxygens (including phenoxy) is 1. The highest BCUT2D eigenvalue weighted by atomic mass is 19.1. The molecule has 5 nitrogen and oxygen atoms in total. The summed E-state index contributed by atoms with van der Waals surface area (Å²) in [7, 11) is 1.41. The number of hydrogen-bond acceptors (Lipinski definition) is 3. The van der Waals surface area contributed by atoms with E-state index >= 15 is 0 Å². The molecule has 0 radical (unpaired) electrons. The Balaban J connectivity index is 2.04. The van der Waals surface area contributed by atoms with Gasteiger partial charge >= 0.3 is 0 Å². The van der Waals surface area contributed by atoms with Crippen LogP contribution < -0.4 is 15.6 Å². The van der Waals surface area contributed by atoms with E-state index in [0.717, 1.165) is 18.4 Å². The lowest BCUT2D eigenvalue weighted by atomic mass is 10.0. The van der Waals surface area contributed by atoms with Gasteiger partial charge in [0.2, 0.25) is 0 Å². The van der Waals surface area contributed by atoms with Crippen LogP contribution in [0.15, 0.2) is 29.1 Å². The van der Waals surface area contributed by atoms with Gasteiger partial charge < -0.3 is 14.6 Å². The smallest absolute Gasteiger partial charge is 0.261 e. The van der Waals surface area contributed by atoms with Crippen molar-refractivity contribution in [1.82, 2.24) is 4.57 Å². The number of rotatable bonds is 3. The van der Waals surface area contributed by atoms with Crippen molar-refractivity contribution in [3.8, 4) is 5.75 Å². The van der Waals surface area contributed by atoms with E-state index in [9.17, 15) is 14.0 Å². The predicted molar refractivity (Wildman–Crippen MR) is 89.3 cm³/mol. The molecule has 1 N–H and O–H groups in total. The summed E-state index contributed by atoms with van der Waals surface area (Å²) in [5, 5.41) is 2.59. The average molecular weight is 330 g/mol. The van der Waals surface area contributed by atoms with E-state index in [2.05, 4.69) is 5.32 Å². The topological polar surface area (TPSA) is 60.3 Å². The number of aromatic nitrogens is 1.